The number of aryl methyl sites for hydroxylation is 1. The Morgan fingerprint density at radius 3 is 1.51 bits per heavy atom. The molecular weight excluding hydrogens is 635 g/mol. The number of benzene rings is 9. The van der Waals surface area contributed by atoms with Crippen LogP contribution in [-0.2, 0) is 0 Å². The first kappa shape index (κ1) is 29.7. The lowest BCUT2D eigenvalue weighted by Crippen LogP contribution is -1.94. The van der Waals surface area contributed by atoms with Gasteiger partial charge in [-0.25, -0.2) is 0 Å². The fraction of sp³-hybridized carbons (Fsp3) is 0.0204. The maximum absolute atomic E-state index is 2.40. The summed E-state index contributed by atoms with van der Waals surface area (Å²) < 4.78 is 5.16. The molecule has 9 aromatic carbocycles. The van der Waals surface area contributed by atoms with Crippen molar-refractivity contribution in [3.8, 4) is 16.8 Å². The van der Waals surface area contributed by atoms with Crippen LogP contribution in [0.2, 0.25) is 0 Å². The summed E-state index contributed by atoms with van der Waals surface area (Å²) >= 11 is 1.86. The zero-order chi connectivity index (χ0) is 33.9. The Kier molecular flexibility index (Phi) is 6.97. The molecule has 1 nitrogen and oxygen atoms in total. The highest BCUT2D eigenvalue weighted by molar-refractivity contribution is 7.25. The molecule has 0 bridgehead atoms. The molecule has 0 amide bonds. The smallest absolute Gasteiger partial charge is 0.0541 e. The lowest BCUT2D eigenvalue weighted by atomic mass is 9.92. The topological polar surface area (TPSA) is 4.93 Å². The van der Waals surface area contributed by atoms with Crippen LogP contribution in [0.3, 0.4) is 0 Å². The first-order chi connectivity index (χ1) is 25.2. The molecule has 11 rings (SSSR count). The standard InChI is InChI=1S/C37H25N.C12H8S/c1-24-17-20-37-35(21-24)33-15-6-7-16-36(33)38(37)27-10-8-9-25(22-27)26-18-19-32-30-13-3-2-11-28(30)29-12-4-5-14-31(29)34(32)23-26;1-3-7-11-9(5-1)10-6-2-4-8-12(10)13-11/h2-23H,1H3;1-8H. The van der Waals surface area contributed by atoms with Crippen molar-refractivity contribution in [3.63, 3.8) is 0 Å². The van der Waals surface area contributed by atoms with Gasteiger partial charge in [-0.05, 0) is 98.9 Å². The van der Waals surface area contributed by atoms with E-state index < -0.39 is 0 Å². The Labute approximate surface area is 300 Å². The van der Waals surface area contributed by atoms with Crippen LogP contribution >= 0.6 is 11.3 Å². The molecule has 0 aliphatic carbocycles. The zero-order valence-corrected chi connectivity index (χ0v) is 29.0. The van der Waals surface area contributed by atoms with Crippen molar-refractivity contribution >= 4 is 85.6 Å². The number of rotatable bonds is 2. The van der Waals surface area contributed by atoms with Crippen molar-refractivity contribution in [3.05, 3.63) is 188 Å². The molecule has 0 spiro atoms. The van der Waals surface area contributed by atoms with Crippen LogP contribution in [0.4, 0.5) is 0 Å². The minimum absolute atomic E-state index is 1.18. The maximum atomic E-state index is 2.40. The molecule has 0 unspecified atom stereocenters. The Morgan fingerprint density at radius 1 is 0.333 bits per heavy atom. The fourth-order valence-corrected chi connectivity index (χ4v) is 9.06. The highest BCUT2D eigenvalue weighted by Gasteiger charge is 2.14. The Bertz CT molecular complexity index is 3020. The second-order valence-corrected chi connectivity index (χ2v) is 14.5. The van der Waals surface area contributed by atoms with Crippen molar-refractivity contribution in [1.82, 2.24) is 4.57 Å². The number of nitrogens with zero attached hydrogens (tertiary/aromatic N) is 1. The lowest BCUT2D eigenvalue weighted by Gasteiger charge is -2.13. The molecule has 0 radical (unpaired) electrons. The summed E-state index contributed by atoms with van der Waals surface area (Å²) in [5.74, 6) is 0. The quantitative estimate of drug-likeness (QED) is 0.162. The molecular formula is C49H33NS. The SMILES string of the molecule is Cc1ccc2c(c1)c1ccccc1n2-c1cccc(-c2ccc3c4ccccc4c4ccccc4c3c2)c1.c1ccc2c(c1)sc1ccccc12. The van der Waals surface area contributed by atoms with Crippen LogP contribution < -0.4 is 0 Å². The molecule has 0 aliphatic rings. The molecule has 0 atom stereocenters. The number of thiophene rings is 1. The molecule has 51 heavy (non-hydrogen) atoms. The Morgan fingerprint density at radius 2 is 0.843 bits per heavy atom. The molecule has 2 aromatic heterocycles. The molecule has 0 aliphatic heterocycles. The van der Waals surface area contributed by atoms with E-state index in [0.29, 0.717) is 0 Å². The van der Waals surface area contributed by atoms with E-state index in [-0.39, 0.29) is 0 Å². The molecule has 240 valence electrons. The zero-order valence-electron chi connectivity index (χ0n) is 28.2. The number of aromatic nitrogens is 1. The first-order valence-corrected chi connectivity index (χ1v) is 18.3. The predicted octanol–water partition coefficient (Wildman–Crippen LogP) is 14.3. The van der Waals surface area contributed by atoms with Crippen LogP contribution in [-0.4, -0.2) is 4.57 Å². The summed E-state index contributed by atoms with van der Waals surface area (Å²) in [4.78, 5) is 0. The van der Waals surface area contributed by atoms with Gasteiger partial charge in [0, 0.05) is 36.6 Å². The molecule has 0 fully saturated rings. The van der Waals surface area contributed by atoms with E-state index in [1.165, 1.54) is 96.7 Å². The number of fused-ring (bicyclic) bond motifs is 12. The molecule has 2 heteroatoms. The summed E-state index contributed by atoms with van der Waals surface area (Å²) in [6, 6.07) is 66.1. The van der Waals surface area contributed by atoms with Gasteiger partial charge in [-0.1, -0.05) is 139 Å². The highest BCUT2D eigenvalue weighted by atomic mass is 32.1. The van der Waals surface area contributed by atoms with E-state index in [1.807, 2.05) is 11.3 Å². The van der Waals surface area contributed by atoms with Gasteiger partial charge in [-0.2, -0.15) is 0 Å². The lowest BCUT2D eigenvalue weighted by molar-refractivity contribution is 1.18. The third-order valence-corrected chi connectivity index (χ3v) is 11.4. The van der Waals surface area contributed by atoms with Gasteiger partial charge < -0.3 is 4.57 Å². The van der Waals surface area contributed by atoms with Gasteiger partial charge in [-0.3, -0.25) is 0 Å². The minimum Gasteiger partial charge on any atom is -0.309 e. The first-order valence-electron chi connectivity index (χ1n) is 17.5. The van der Waals surface area contributed by atoms with Gasteiger partial charge in [0.2, 0.25) is 0 Å². The second-order valence-electron chi connectivity index (χ2n) is 13.4. The third kappa shape index (κ3) is 4.91. The van der Waals surface area contributed by atoms with Gasteiger partial charge in [-0.15, -0.1) is 11.3 Å². The van der Waals surface area contributed by atoms with E-state index >= 15 is 0 Å². The van der Waals surface area contributed by atoms with Gasteiger partial charge in [0.15, 0.2) is 0 Å². The van der Waals surface area contributed by atoms with Crippen molar-refractivity contribution in [2.24, 2.45) is 0 Å². The van der Waals surface area contributed by atoms with Crippen LogP contribution in [0.15, 0.2) is 182 Å². The van der Waals surface area contributed by atoms with Gasteiger partial charge in [0.1, 0.15) is 0 Å². The normalized spacial score (nSPS) is 11.6. The second kappa shape index (κ2) is 12.0. The molecule has 2 heterocycles. The third-order valence-electron chi connectivity index (χ3n) is 10.3. The fourth-order valence-electron chi connectivity index (χ4n) is 7.95. The largest absolute Gasteiger partial charge is 0.309 e. The predicted molar refractivity (Wildman–Crippen MR) is 223 cm³/mol. The molecule has 0 N–H and O–H groups in total. The van der Waals surface area contributed by atoms with E-state index in [1.54, 1.807) is 0 Å². The van der Waals surface area contributed by atoms with Crippen molar-refractivity contribution in [2.75, 3.05) is 0 Å². The van der Waals surface area contributed by atoms with Crippen LogP contribution in [0.5, 0.6) is 0 Å². The molecule has 0 saturated carbocycles. The van der Waals surface area contributed by atoms with E-state index in [2.05, 4.69) is 193 Å². The number of hydrogen-bond acceptors (Lipinski definition) is 1. The van der Waals surface area contributed by atoms with Gasteiger partial charge >= 0.3 is 0 Å². The number of hydrogen-bond donors (Lipinski definition) is 0. The molecule has 11 aromatic rings. The Hall–Kier alpha value is -6.22. The number of para-hydroxylation sites is 1. The molecule has 0 saturated heterocycles. The van der Waals surface area contributed by atoms with Crippen LogP contribution in [0, 0.1) is 6.92 Å². The average Bonchev–Trinajstić information content (AvgIpc) is 3.74. The van der Waals surface area contributed by atoms with E-state index in [0.717, 1.165) is 0 Å². The highest BCUT2D eigenvalue weighted by Crippen LogP contribution is 2.38. The summed E-state index contributed by atoms with van der Waals surface area (Å²) in [7, 11) is 0. The van der Waals surface area contributed by atoms with Gasteiger partial charge in [0.05, 0.1) is 11.0 Å². The van der Waals surface area contributed by atoms with Crippen molar-refractivity contribution in [2.45, 2.75) is 6.92 Å². The summed E-state index contributed by atoms with van der Waals surface area (Å²) in [5, 5.41) is 13.2. The maximum Gasteiger partial charge on any atom is 0.0541 e. The summed E-state index contributed by atoms with van der Waals surface area (Å²) in [5.41, 5.74) is 7.40. The van der Waals surface area contributed by atoms with Crippen molar-refractivity contribution < 1.29 is 0 Å². The Balaban J connectivity index is 0.000000210. The summed E-state index contributed by atoms with van der Waals surface area (Å²) in [6.07, 6.45) is 0. The van der Waals surface area contributed by atoms with Crippen molar-refractivity contribution in [1.29, 1.82) is 0 Å². The van der Waals surface area contributed by atoms with E-state index in [4.69, 9.17) is 0 Å². The summed E-state index contributed by atoms with van der Waals surface area (Å²) in [6.45, 7) is 2.17. The monoisotopic (exact) mass is 667 g/mol. The minimum atomic E-state index is 1.18. The van der Waals surface area contributed by atoms with Gasteiger partial charge in [0.25, 0.3) is 0 Å². The van der Waals surface area contributed by atoms with Crippen LogP contribution in [0.1, 0.15) is 5.56 Å². The van der Waals surface area contributed by atoms with Crippen LogP contribution in [0.25, 0.3) is 91.1 Å². The average molecular weight is 668 g/mol. The van der Waals surface area contributed by atoms with E-state index in [9.17, 15) is 0 Å².